The van der Waals surface area contributed by atoms with Gasteiger partial charge in [-0.05, 0) is 51.4 Å². The van der Waals surface area contributed by atoms with E-state index >= 15 is 0 Å². The zero-order chi connectivity index (χ0) is 20.4. The number of piperidine rings is 1. The Morgan fingerprint density at radius 2 is 2.03 bits per heavy atom. The molecule has 4 rings (SSSR count). The number of benzene rings is 1. The van der Waals surface area contributed by atoms with Crippen LogP contribution >= 0.6 is 0 Å². The van der Waals surface area contributed by atoms with Crippen LogP contribution < -0.4 is 9.46 Å². The van der Waals surface area contributed by atoms with Crippen LogP contribution in [0.25, 0.3) is 10.9 Å². The molecule has 1 fully saturated rings. The lowest BCUT2D eigenvalue weighted by Crippen LogP contribution is -2.44. The number of ether oxygens (including phenoxy) is 1. The van der Waals surface area contributed by atoms with Crippen molar-refractivity contribution in [2.24, 2.45) is 0 Å². The van der Waals surface area contributed by atoms with Gasteiger partial charge in [-0.1, -0.05) is 12.1 Å². The number of carbonyl (C=O) groups excluding carboxylic acids is 1. The molecule has 0 saturated carbocycles. The number of unbranched alkanes of at least 4 members (excludes halogenated alkanes) is 1. The maximum Gasteiger partial charge on any atom is 0.208 e. The van der Waals surface area contributed by atoms with E-state index in [1.807, 2.05) is 22.9 Å². The van der Waals surface area contributed by atoms with Gasteiger partial charge in [0.05, 0.1) is 12.8 Å². The molecular weight excluding hydrogens is 392 g/mol. The first-order valence-electron chi connectivity index (χ1n) is 10.3. The Bertz CT molecular complexity index is 993. The number of nitrogens with zero attached hydrogens (tertiary/aromatic N) is 3. The minimum absolute atomic E-state index is 0.0442. The van der Waals surface area contributed by atoms with E-state index in [1.165, 1.54) is 6.26 Å². The second-order valence-corrected chi connectivity index (χ2v) is 9.74. The van der Waals surface area contributed by atoms with Crippen LogP contribution in [0.1, 0.15) is 42.6 Å². The van der Waals surface area contributed by atoms with E-state index in [2.05, 4.69) is 14.7 Å². The molecule has 1 aromatic carbocycles. The Kier molecular flexibility index (Phi) is 5.89. The normalized spacial score (nSPS) is 18.1. The van der Waals surface area contributed by atoms with E-state index in [0.717, 1.165) is 62.0 Å². The predicted molar refractivity (Wildman–Crippen MR) is 111 cm³/mol. The number of hydrogen-bond donors (Lipinski definition) is 1. The zero-order valence-electron chi connectivity index (χ0n) is 16.8. The fourth-order valence-corrected chi connectivity index (χ4v) is 5.09. The van der Waals surface area contributed by atoms with Crippen molar-refractivity contribution in [1.29, 1.82) is 0 Å². The molecule has 0 aliphatic carbocycles. The van der Waals surface area contributed by atoms with Crippen molar-refractivity contribution in [3.63, 3.8) is 0 Å². The Balaban J connectivity index is 1.25. The molecule has 2 aliphatic heterocycles. The number of para-hydroxylation sites is 1. The number of Topliss-reactive ketones (excluding diaryl/α,β-unsaturated/α-hetero) is 1. The Morgan fingerprint density at radius 3 is 2.79 bits per heavy atom. The molecular formula is C20H28N4O4S. The van der Waals surface area contributed by atoms with Crippen molar-refractivity contribution < 1.29 is 17.9 Å². The summed E-state index contributed by atoms with van der Waals surface area (Å²) in [5.41, 5.74) is 1.48. The SMILES string of the molecule is CS(=O)(=O)NC1CCN(CCCCC(=O)c2nn3c4c(cccc24)OCC3)CC1. The lowest BCUT2D eigenvalue weighted by atomic mass is 10.0. The summed E-state index contributed by atoms with van der Waals surface area (Å²) in [4.78, 5) is 15.1. The number of nitrogens with one attached hydrogen (secondary N) is 1. The van der Waals surface area contributed by atoms with Gasteiger partial charge in [0.15, 0.2) is 5.78 Å². The van der Waals surface area contributed by atoms with Crippen molar-refractivity contribution >= 4 is 26.7 Å². The summed E-state index contributed by atoms with van der Waals surface area (Å²) in [5.74, 6) is 0.887. The van der Waals surface area contributed by atoms with Gasteiger partial charge in [-0.25, -0.2) is 13.1 Å². The standard InChI is InChI=1S/C20H28N4O4S/c1-29(26,27)22-15-8-11-23(12-9-15)10-3-2-6-17(25)19-16-5-4-7-18-20(16)24(21-19)13-14-28-18/h4-5,7,15,22H,2-3,6,8-14H2,1H3. The maximum atomic E-state index is 12.8. The summed E-state index contributed by atoms with van der Waals surface area (Å²) < 4.78 is 32.9. The molecule has 3 heterocycles. The minimum Gasteiger partial charge on any atom is -0.489 e. The van der Waals surface area contributed by atoms with E-state index in [-0.39, 0.29) is 11.8 Å². The average Bonchev–Trinajstić information content (AvgIpc) is 3.06. The van der Waals surface area contributed by atoms with Gasteiger partial charge in [0, 0.05) is 17.8 Å². The van der Waals surface area contributed by atoms with Crippen LogP contribution in [0.3, 0.4) is 0 Å². The summed E-state index contributed by atoms with van der Waals surface area (Å²) in [6, 6.07) is 5.82. The van der Waals surface area contributed by atoms with E-state index < -0.39 is 10.0 Å². The second-order valence-electron chi connectivity index (χ2n) is 7.96. The largest absolute Gasteiger partial charge is 0.489 e. The maximum absolute atomic E-state index is 12.8. The molecule has 2 aromatic rings. The van der Waals surface area contributed by atoms with Crippen molar-refractivity contribution in [3.8, 4) is 5.75 Å². The molecule has 0 atom stereocenters. The van der Waals surface area contributed by atoms with E-state index in [4.69, 9.17) is 4.74 Å². The van der Waals surface area contributed by atoms with Gasteiger partial charge in [-0.15, -0.1) is 0 Å². The molecule has 1 aromatic heterocycles. The fourth-order valence-electron chi connectivity index (χ4n) is 4.25. The quantitative estimate of drug-likeness (QED) is 0.517. The third-order valence-electron chi connectivity index (χ3n) is 5.65. The number of aromatic nitrogens is 2. The van der Waals surface area contributed by atoms with Gasteiger partial charge < -0.3 is 9.64 Å². The summed E-state index contributed by atoms with van der Waals surface area (Å²) in [6.45, 7) is 3.96. The number of sulfonamides is 1. The highest BCUT2D eigenvalue weighted by molar-refractivity contribution is 7.88. The van der Waals surface area contributed by atoms with E-state index in [9.17, 15) is 13.2 Å². The summed E-state index contributed by atoms with van der Waals surface area (Å²) in [6.07, 6.45) is 5.14. The highest BCUT2D eigenvalue weighted by Crippen LogP contribution is 2.31. The smallest absolute Gasteiger partial charge is 0.208 e. The van der Waals surface area contributed by atoms with Crippen LogP contribution in [0, 0.1) is 0 Å². The first kappa shape index (κ1) is 20.3. The monoisotopic (exact) mass is 420 g/mol. The van der Waals surface area contributed by atoms with Gasteiger partial charge in [0.25, 0.3) is 0 Å². The first-order chi connectivity index (χ1) is 13.9. The first-order valence-corrected chi connectivity index (χ1v) is 12.1. The lowest BCUT2D eigenvalue weighted by molar-refractivity contribution is 0.0972. The van der Waals surface area contributed by atoms with Gasteiger partial charge >= 0.3 is 0 Å². The molecule has 8 nitrogen and oxygen atoms in total. The molecule has 0 spiro atoms. The Morgan fingerprint density at radius 1 is 1.24 bits per heavy atom. The number of carbonyl (C=O) groups is 1. The molecule has 2 aliphatic rings. The van der Waals surface area contributed by atoms with Gasteiger partial charge in [0.2, 0.25) is 10.0 Å². The number of likely N-dealkylation sites (tertiary alicyclic amines) is 1. The molecule has 1 saturated heterocycles. The van der Waals surface area contributed by atoms with Crippen LogP contribution in [0.2, 0.25) is 0 Å². The number of ketones is 1. The predicted octanol–water partition coefficient (Wildman–Crippen LogP) is 1.80. The van der Waals surface area contributed by atoms with Crippen molar-refractivity contribution in [1.82, 2.24) is 19.4 Å². The number of hydrogen-bond acceptors (Lipinski definition) is 6. The van der Waals surface area contributed by atoms with Crippen LogP contribution in [0.4, 0.5) is 0 Å². The second kappa shape index (κ2) is 8.41. The van der Waals surface area contributed by atoms with E-state index in [1.54, 1.807) is 0 Å². The molecule has 0 bridgehead atoms. The lowest BCUT2D eigenvalue weighted by Gasteiger charge is -2.31. The highest BCUT2D eigenvalue weighted by atomic mass is 32.2. The summed E-state index contributed by atoms with van der Waals surface area (Å²) >= 11 is 0. The fraction of sp³-hybridized carbons (Fsp3) is 0.600. The zero-order valence-corrected chi connectivity index (χ0v) is 17.6. The Hall–Kier alpha value is -1.97. The Labute approximate surface area is 171 Å². The molecule has 29 heavy (non-hydrogen) atoms. The minimum atomic E-state index is -3.13. The third-order valence-corrected chi connectivity index (χ3v) is 6.42. The molecule has 9 heteroatoms. The van der Waals surface area contributed by atoms with E-state index in [0.29, 0.717) is 25.3 Å². The topological polar surface area (TPSA) is 93.5 Å². The molecule has 0 amide bonds. The van der Waals surface area contributed by atoms with Crippen LogP contribution in [0.15, 0.2) is 18.2 Å². The molecule has 1 N–H and O–H groups in total. The van der Waals surface area contributed by atoms with Gasteiger partial charge in [-0.3, -0.25) is 9.48 Å². The van der Waals surface area contributed by atoms with Crippen LogP contribution in [-0.2, 0) is 16.6 Å². The third kappa shape index (κ3) is 4.79. The molecule has 158 valence electrons. The molecule has 0 radical (unpaired) electrons. The number of rotatable bonds is 8. The van der Waals surface area contributed by atoms with Crippen LogP contribution in [-0.4, -0.2) is 67.4 Å². The average molecular weight is 421 g/mol. The van der Waals surface area contributed by atoms with Crippen molar-refractivity contribution in [2.75, 3.05) is 32.5 Å². The molecule has 0 unspecified atom stereocenters. The van der Waals surface area contributed by atoms with Crippen LogP contribution in [0.5, 0.6) is 5.75 Å². The highest BCUT2D eigenvalue weighted by Gasteiger charge is 2.23. The van der Waals surface area contributed by atoms with Crippen molar-refractivity contribution in [2.45, 2.75) is 44.7 Å². The summed E-state index contributed by atoms with van der Waals surface area (Å²) in [7, 11) is -3.13. The van der Waals surface area contributed by atoms with Gasteiger partial charge in [0.1, 0.15) is 23.6 Å². The summed E-state index contributed by atoms with van der Waals surface area (Å²) in [5, 5.41) is 5.43. The van der Waals surface area contributed by atoms with Gasteiger partial charge in [-0.2, -0.15) is 5.10 Å². The van der Waals surface area contributed by atoms with Crippen molar-refractivity contribution in [3.05, 3.63) is 23.9 Å².